The van der Waals surface area contributed by atoms with Gasteiger partial charge in [-0.05, 0) is 20.8 Å². The fourth-order valence-corrected chi connectivity index (χ4v) is 2.53. The van der Waals surface area contributed by atoms with Crippen molar-refractivity contribution in [3.63, 3.8) is 0 Å². The van der Waals surface area contributed by atoms with Gasteiger partial charge in [0.2, 0.25) is 0 Å². The third kappa shape index (κ3) is 1.65. The van der Waals surface area contributed by atoms with Crippen molar-refractivity contribution < 1.29 is 18.9 Å². The molecular weight excluding hydrogens is 187 g/mol. The molecule has 0 amide bonds. The maximum atomic E-state index is 2.33. The Kier molecular flexibility index (Phi) is 3.68. The molecule has 0 aliphatic carbocycles. The Labute approximate surface area is 111 Å². The van der Waals surface area contributed by atoms with Crippen LogP contribution in [-0.2, 0) is 0 Å². The van der Waals surface area contributed by atoms with Crippen molar-refractivity contribution in [2.75, 3.05) is 0 Å². The van der Waals surface area contributed by atoms with Crippen molar-refractivity contribution >= 4 is 10.8 Å². The number of aryl methyl sites for hydroxylation is 4. The molecule has 2 rings (SSSR count). The van der Waals surface area contributed by atoms with E-state index in [1.165, 1.54) is 44.2 Å². The molecular formula is C15H19Li. The predicted molar refractivity (Wildman–Crippen MR) is 68.0 cm³/mol. The van der Waals surface area contributed by atoms with Gasteiger partial charge in [-0.2, -0.15) is 6.07 Å². The van der Waals surface area contributed by atoms with Crippen LogP contribution in [0.25, 0.3) is 10.8 Å². The van der Waals surface area contributed by atoms with Gasteiger partial charge < -0.3 is 0 Å². The molecule has 1 heteroatoms. The number of hydrogen-bond acceptors (Lipinski definition) is 0. The monoisotopic (exact) mass is 206 g/mol. The average molecular weight is 206 g/mol. The molecule has 0 aromatic heterocycles. The Hall–Kier alpha value is -0.573. The first-order chi connectivity index (χ1) is 6.95. The third-order valence-electron chi connectivity index (χ3n) is 4.06. The minimum atomic E-state index is 0. The Morgan fingerprint density at radius 3 is 1.88 bits per heavy atom. The van der Waals surface area contributed by atoms with Crippen LogP contribution in [0, 0.1) is 41.5 Å². The average Bonchev–Trinajstić information content (AvgIpc) is 2.50. The first kappa shape index (κ1) is 13.5. The molecule has 16 heavy (non-hydrogen) atoms. The number of hydrogen-bond donors (Lipinski definition) is 0. The SMILES string of the molecule is Cc1c(C)c(C)c2c(cc(C)[c-]2C)c1C.[Li+]. The quantitative estimate of drug-likeness (QED) is 0.451. The molecule has 0 aliphatic heterocycles. The van der Waals surface area contributed by atoms with Crippen molar-refractivity contribution in [3.8, 4) is 0 Å². The molecule has 0 unspecified atom stereocenters. The molecule has 2 aromatic rings. The Morgan fingerprint density at radius 1 is 0.812 bits per heavy atom. The molecule has 80 valence electrons. The van der Waals surface area contributed by atoms with E-state index in [1.54, 1.807) is 0 Å². The topological polar surface area (TPSA) is 0 Å². The van der Waals surface area contributed by atoms with Crippen molar-refractivity contribution in [1.29, 1.82) is 0 Å². The number of rotatable bonds is 0. The van der Waals surface area contributed by atoms with E-state index in [0.29, 0.717) is 0 Å². The van der Waals surface area contributed by atoms with Gasteiger partial charge in [0.15, 0.2) is 0 Å². The third-order valence-corrected chi connectivity index (χ3v) is 4.06. The molecule has 0 nitrogen and oxygen atoms in total. The van der Waals surface area contributed by atoms with Gasteiger partial charge in [0.05, 0.1) is 0 Å². The molecule has 0 bridgehead atoms. The zero-order valence-corrected chi connectivity index (χ0v) is 11.6. The fourth-order valence-electron chi connectivity index (χ4n) is 2.53. The second-order valence-electron chi connectivity index (χ2n) is 4.74. The van der Waals surface area contributed by atoms with Gasteiger partial charge in [0, 0.05) is 0 Å². The van der Waals surface area contributed by atoms with Crippen molar-refractivity contribution in [3.05, 3.63) is 39.4 Å². The summed E-state index contributed by atoms with van der Waals surface area (Å²) in [5, 5.41) is 2.93. The van der Waals surface area contributed by atoms with Crippen LogP contribution in [0.5, 0.6) is 0 Å². The predicted octanol–water partition coefficient (Wildman–Crippen LogP) is 1.41. The molecule has 0 atom stereocenters. The molecule has 0 heterocycles. The van der Waals surface area contributed by atoms with Crippen LogP contribution in [0.2, 0.25) is 0 Å². The van der Waals surface area contributed by atoms with E-state index in [0.717, 1.165) is 0 Å². The standard InChI is InChI=1S/C15H19.Li/c1-8-7-14-12(5)10(3)11(4)13(6)15(14)9(8)2;/h7H,1-6H3;/q-1;+1. The largest absolute Gasteiger partial charge is 1.00 e. The minimum absolute atomic E-state index is 0. The molecule has 2 aromatic carbocycles. The van der Waals surface area contributed by atoms with E-state index in [-0.39, 0.29) is 18.9 Å². The van der Waals surface area contributed by atoms with Gasteiger partial charge in [0.1, 0.15) is 0 Å². The van der Waals surface area contributed by atoms with Crippen LogP contribution in [-0.4, -0.2) is 0 Å². The first-order valence-corrected chi connectivity index (χ1v) is 5.58. The van der Waals surface area contributed by atoms with Gasteiger partial charge in [-0.25, -0.2) is 0 Å². The van der Waals surface area contributed by atoms with Gasteiger partial charge in [-0.3, -0.25) is 0 Å². The Morgan fingerprint density at radius 2 is 1.31 bits per heavy atom. The summed E-state index contributed by atoms with van der Waals surface area (Å²) in [5.74, 6) is 0. The summed E-state index contributed by atoms with van der Waals surface area (Å²) in [7, 11) is 0. The normalized spacial score (nSPS) is 10.6. The molecule has 0 fully saturated rings. The first-order valence-electron chi connectivity index (χ1n) is 5.58. The van der Waals surface area contributed by atoms with Crippen LogP contribution in [0.3, 0.4) is 0 Å². The maximum Gasteiger partial charge on any atom is 1.00 e. The van der Waals surface area contributed by atoms with Gasteiger partial charge in [0.25, 0.3) is 0 Å². The van der Waals surface area contributed by atoms with Crippen LogP contribution in [0.15, 0.2) is 6.07 Å². The molecule has 0 saturated carbocycles. The van der Waals surface area contributed by atoms with Crippen LogP contribution in [0.1, 0.15) is 33.4 Å². The summed E-state index contributed by atoms with van der Waals surface area (Å²) in [6, 6.07) is 2.33. The van der Waals surface area contributed by atoms with Gasteiger partial charge in [-0.15, -0.1) is 27.5 Å². The second kappa shape index (κ2) is 4.36. The maximum absolute atomic E-state index is 2.33. The van der Waals surface area contributed by atoms with Crippen molar-refractivity contribution in [2.24, 2.45) is 0 Å². The minimum Gasteiger partial charge on any atom is -0.165 e. The number of benzene rings is 1. The van der Waals surface area contributed by atoms with Crippen LogP contribution >= 0.6 is 0 Å². The smallest absolute Gasteiger partial charge is 0.165 e. The summed E-state index contributed by atoms with van der Waals surface area (Å²) < 4.78 is 0. The summed E-state index contributed by atoms with van der Waals surface area (Å²) in [6.07, 6.45) is 0. The van der Waals surface area contributed by atoms with Crippen molar-refractivity contribution in [2.45, 2.75) is 41.5 Å². The van der Waals surface area contributed by atoms with Gasteiger partial charge in [-0.1, -0.05) is 37.5 Å². The summed E-state index contributed by atoms with van der Waals surface area (Å²) in [6.45, 7) is 13.4. The zero-order valence-electron chi connectivity index (χ0n) is 11.6. The van der Waals surface area contributed by atoms with Crippen LogP contribution < -0.4 is 18.9 Å². The van der Waals surface area contributed by atoms with E-state index in [9.17, 15) is 0 Å². The summed E-state index contributed by atoms with van der Waals surface area (Å²) in [5.41, 5.74) is 8.68. The number of fused-ring (bicyclic) bond motifs is 1. The zero-order chi connectivity index (χ0) is 11.3. The summed E-state index contributed by atoms with van der Waals surface area (Å²) >= 11 is 0. The van der Waals surface area contributed by atoms with E-state index in [1.807, 2.05) is 0 Å². The van der Waals surface area contributed by atoms with Gasteiger partial charge >= 0.3 is 18.9 Å². The molecule has 0 aliphatic rings. The Bertz CT molecular complexity index is 545. The molecule has 0 saturated heterocycles. The van der Waals surface area contributed by atoms with E-state index in [4.69, 9.17) is 0 Å². The Balaban J connectivity index is 0.00000128. The van der Waals surface area contributed by atoms with Crippen molar-refractivity contribution in [1.82, 2.24) is 0 Å². The molecule has 0 radical (unpaired) electrons. The van der Waals surface area contributed by atoms with E-state index < -0.39 is 0 Å². The molecule has 0 N–H and O–H groups in total. The second-order valence-corrected chi connectivity index (χ2v) is 4.74. The van der Waals surface area contributed by atoms with E-state index in [2.05, 4.69) is 47.6 Å². The van der Waals surface area contributed by atoms with E-state index >= 15 is 0 Å². The summed E-state index contributed by atoms with van der Waals surface area (Å²) in [4.78, 5) is 0. The molecule has 0 spiro atoms. The fraction of sp³-hybridized carbons (Fsp3) is 0.400. The van der Waals surface area contributed by atoms with Crippen LogP contribution in [0.4, 0.5) is 0 Å².